The van der Waals surface area contributed by atoms with Gasteiger partial charge in [-0.2, -0.15) is 0 Å². The van der Waals surface area contributed by atoms with E-state index in [4.69, 9.17) is 23.1 Å². The second kappa shape index (κ2) is 4.00. The van der Waals surface area contributed by atoms with Gasteiger partial charge in [0.2, 0.25) is 0 Å². The van der Waals surface area contributed by atoms with Crippen LogP contribution in [0.25, 0.3) is 0 Å². The molecule has 0 atom stereocenters. The maximum Gasteiger partial charge on any atom is 0.335 e. The van der Waals surface area contributed by atoms with Gasteiger partial charge in [-0.05, 0) is 17.7 Å². The molecule has 4 heteroatoms. The van der Waals surface area contributed by atoms with Crippen LogP contribution in [0.5, 0.6) is 0 Å². The van der Waals surface area contributed by atoms with Gasteiger partial charge in [-0.3, -0.25) is 0 Å². The molecular weight excluding hydrogens is 186 g/mol. The van der Waals surface area contributed by atoms with Gasteiger partial charge in [0.05, 0.1) is 10.6 Å². The van der Waals surface area contributed by atoms with Crippen molar-refractivity contribution >= 4 is 23.2 Å². The van der Waals surface area contributed by atoms with Gasteiger partial charge < -0.3 is 10.8 Å². The van der Waals surface area contributed by atoms with E-state index in [0.29, 0.717) is 11.4 Å². The highest BCUT2D eigenvalue weighted by molar-refractivity contribution is 7.80. The second-order valence-electron chi connectivity index (χ2n) is 2.65. The van der Waals surface area contributed by atoms with E-state index in [1.807, 2.05) is 0 Å². The van der Waals surface area contributed by atoms with Crippen LogP contribution in [0.15, 0.2) is 24.3 Å². The Kier molecular flexibility index (Phi) is 2.97. The Labute approximate surface area is 81.2 Å². The molecular formula is C9H9NO2S. The minimum Gasteiger partial charge on any atom is -0.478 e. The lowest BCUT2D eigenvalue weighted by atomic mass is 10.1. The first kappa shape index (κ1) is 9.67. The summed E-state index contributed by atoms with van der Waals surface area (Å²) in [5, 5.41) is 8.61. The minimum atomic E-state index is -0.929. The minimum absolute atomic E-state index is 0.270. The molecule has 0 aromatic heterocycles. The van der Waals surface area contributed by atoms with Crippen LogP contribution in [0.2, 0.25) is 0 Å². The van der Waals surface area contributed by atoms with E-state index in [1.54, 1.807) is 12.1 Å². The molecule has 1 rings (SSSR count). The van der Waals surface area contributed by atoms with Gasteiger partial charge in [0.15, 0.2) is 0 Å². The van der Waals surface area contributed by atoms with Crippen molar-refractivity contribution in [3.8, 4) is 0 Å². The molecule has 0 spiro atoms. The fraction of sp³-hybridized carbons (Fsp3) is 0.111. The van der Waals surface area contributed by atoms with Gasteiger partial charge in [-0.15, -0.1) is 0 Å². The van der Waals surface area contributed by atoms with E-state index in [-0.39, 0.29) is 5.56 Å². The standard InChI is InChI=1S/C9H9NO2S/c10-8(13)5-6-1-3-7(4-2-6)9(11)12/h1-4H,5H2,(H2,10,13)(H,11,12). The van der Waals surface area contributed by atoms with Crippen LogP contribution in [0.4, 0.5) is 0 Å². The van der Waals surface area contributed by atoms with Crippen molar-refractivity contribution in [3.05, 3.63) is 35.4 Å². The summed E-state index contributed by atoms with van der Waals surface area (Å²) in [6, 6.07) is 6.50. The molecule has 13 heavy (non-hydrogen) atoms. The summed E-state index contributed by atoms with van der Waals surface area (Å²) >= 11 is 4.72. The average Bonchev–Trinajstić information content (AvgIpc) is 2.04. The number of carboxylic acids is 1. The number of aromatic carboxylic acids is 1. The van der Waals surface area contributed by atoms with Crippen LogP contribution in [-0.4, -0.2) is 16.1 Å². The monoisotopic (exact) mass is 195 g/mol. The van der Waals surface area contributed by atoms with Crippen molar-refractivity contribution in [1.29, 1.82) is 0 Å². The van der Waals surface area contributed by atoms with Crippen molar-refractivity contribution in [2.75, 3.05) is 0 Å². The summed E-state index contributed by atoms with van der Waals surface area (Å²) in [5.41, 5.74) is 6.54. The number of hydrogen-bond donors (Lipinski definition) is 2. The van der Waals surface area contributed by atoms with Crippen LogP contribution in [0, 0.1) is 0 Å². The highest BCUT2D eigenvalue weighted by atomic mass is 32.1. The Morgan fingerprint density at radius 2 is 1.92 bits per heavy atom. The third-order valence-electron chi connectivity index (χ3n) is 1.58. The molecule has 0 heterocycles. The highest BCUT2D eigenvalue weighted by Gasteiger charge is 2.01. The van der Waals surface area contributed by atoms with Crippen LogP contribution in [0.1, 0.15) is 15.9 Å². The molecule has 0 fully saturated rings. The van der Waals surface area contributed by atoms with Crippen molar-refractivity contribution < 1.29 is 9.90 Å². The fourth-order valence-corrected chi connectivity index (χ4v) is 1.13. The van der Waals surface area contributed by atoms with Gasteiger partial charge >= 0.3 is 5.97 Å². The number of carboxylic acid groups (broad SMARTS) is 1. The molecule has 3 N–H and O–H groups in total. The summed E-state index contributed by atoms with van der Waals surface area (Å²) < 4.78 is 0. The Bertz CT molecular complexity index is 332. The highest BCUT2D eigenvalue weighted by Crippen LogP contribution is 2.04. The SMILES string of the molecule is NC(=S)Cc1ccc(C(=O)O)cc1. The van der Waals surface area contributed by atoms with Gasteiger partial charge in [0.25, 0.3) is 0 Å². The first-order valence-corrected chi connectivity index (χ1v) is 4.11. The average molecular weight is 195 g/mol. The van der Waals surface area contributed by atoms with Gasteiger partial charge in [0.1, 0.15) is 0 Å². The Morgan fingerprint density at radius 3 is 2.31 bits per heavy atom. The van der Waals surface area contributed by atoms with E-state index in [2.05, 4.69) is 0 Å². The number of hydrogen-bond acceptors (Lipinski definition) is 2. The summed E-state index contributed by atoms with van der Waals surface area (Å²) in [4.78, 5) is 10.9. The molecule has 0 saturated heterocycles. The van der Waals surface area contributed by atoms with Crippen molar-refractivity contribution in [2.24, 2.45) is 5.73 Å². The van der Waals surface area contributed by atoms with Gasteiger partial charge in [0, 0.05) is 6.42 Å². The normalized spacial score (nSPS) is 9.54. The lowest BCUT2D eigenvalue weighted by Gasteiger charge is -1.99. The third kappa shape index (κ3) is 2.83. The summed E-state index contributed by atoms with van der Waals surface area (Å²) in [7, 11) is 0. The largest absolute Gasteiger partial charge is 0.478 e. The summed E-state index contributed by atoms with van der Waals surface area (Å²) in [6.07, 6.45) is 0.509. The topological polar surface area (TPSA) is 63.3 Å². The first-order valence-electron chi connectivity index (χ1n) is 3.70. The number of benzene rings is 1. The number of rotatable bonds is 3. The van der Waals surface area contributed by atoms with E-state index in [1.165, 1.54) is 12.1 Å². The predicted octanol–water partition coefficient (Wildman–Crippen LogP) is 1.21. The molecule has 1 aromatic rings. The molecule has 0 aliphatic rings. The van der Waals surface area contributed by atoms with Gasteiger partial charge in [-0.1, -0.05) is 24.4 Å². The van der Waals surface area contributed by atoms with Gasteiger partial charge in [-0.25, -0.2) is 4.79 Å². The van der Waals surface area contributed by atoms with Crippen LogP contribution in [0.3, 0.4) is 0 Å². The van der Waals surface area contributed by atoms with Crippen LogP contribution < -0.4 is 5.73 Å². The maximum atomic E-state index is 10.5. The molecule has 0 aliphatic carbocycles. The zero-order chi connectivity index (χ0) is 9.84. The van der Waals surface area contributed by atoms with Crippen LogP contribution in [-0.2, 0) is 6.42 Å². The smallest absolute Gasteiger partial charge is 0.335 e. The van der Waals surface area contributed by atoms with Crippen molar-refractivity contribution in [1.82, 2.24) is 0 Å². The molecule has 3 nitrogen and oxygen atoms in total. The van der Waals surface area contributed by atoms with E-state index >= 15 is 0 Å². The molecule has 0 radical (unpaired) electrons. The summed E-state index contributed by atoms with van der Waals surface area (Å²) in [5.74, 6) is -0.929. The molecule has 68 valence electrons. The molecule has 0 unspecified atom stereocenters. The second-order valence-corrected chi connectivity index (χ2v) is 3.17. The Hall–Kier alpha value is -1.42. The summed E-state index contributed by atoms with van der Waals surface area (Å²) in [6.45, 7) is 0. The molecule has 0 bridgehead atoms. The predicted molar refractivity (Wildman–Crippen MR) is 53.9 cm³/mol. The zero-order valence-electron chi connectivity index (χ0n) is 6.86. The quantitative estimate of drug-likeness (QED) is 0.712. The lowest BCUT2D eigenvalue weighted by Crippen LogP contribution is -2.11. The molecule has 0 aliphatic heterocycles. The third-order valence-corrected chi connectivity index (χ3v) is 1.72. The lowest BCUT2D eigenvalue weighted by molar-refractivity contribution is 0.0697. The number of nitrogens with two attached hydrogens (primary N) is 1. The van der Waals surface area contributed by atoms with Crippen LogP contribution >= 0.6 is 12.2 Å². The van der Waals surface area contributed by atoms with Crippen molar-refractivity contribution in [2.45, 2.75) is 6.42 Å². The van der Waals surface area contributed by atoms with E-state index < -0.39 is 5.97 Å². The fourth-order valence-electron chi connectivity index (χ4n) is 0.966. The van der Waals surface area contributed by atoms with E-state index in [0.717, 1.165) is 5.56 Å². The van der Waals surface area contributed by atoms with E-state index in [9.17, 15) is 4.79 Å². The van der Waals surface area contributed by atoms with Crippen molar-refractivity contribution in [3.63, 3.8) is 0 Å². The molecule has 0 saturated carbocycles. The Balaban J connectivity index is 2.81. The first-order chi connectivity index (χ1) is 6.09. The number of thiocarbonyl (C=S) groups is 1. The maximum absolute atomic E-state index is 10.5. The molecule has 0 amide bonds. The number of carbonyl (C=O) groups is 1. The Morgan fingerprint density at radius 1 is 1.38 bits per heavy atom. The molecule has 1 aromatic carbocycles. The zero-order valence-corrected chi connectivity index (χ0v) is 7.67.